The Morgan fingerprint density at radius 3 is 2.86 bits per heavy atom. The number of carbonyl (C=O) groups is 1. The van der Waals surface area contributed by atoms with Crippen molar-refractivity contribution in [1.29, 1.82) is 0 Å². The van der Waals surface area contributed by atoms with Crippen LogP contribution in [0.3, 0.4) is 0 Å². The zero-order valence-electron chi connectivity index (χ0n) is 11.7. The van der Waals surface area contributed by atoms with Crippen LogP contribution in [-0.2, 0) is 6.54 Å². The van der Waals surface area contributed by atoms with Gasteiger partial charge in [0.1, 0.15) is 16.5 Å². The summed E-state index contributed by atoms with van der Waals surface area (Å²) in [5.41, 5.74) is 6.51. The molecule has 0 aliphatic rings. The van der Waals surface area contributed by atoms with Gasteiger partial charge in [-0.2, -0.15) is 0 Å². The molecule has 1 heterocycles. The number of halogens is 1. The average molecular weight is 328 g/mol. The van der Waals surface area contributed by atoms with Gasteiger partial charge >= 0.3 is 0 Å². The molecule has 0 radical (unpaired) electrons. The summed E-state index contributed by atoms with van der Waals surface area (Å²) in [7, 11) is 0. The Balaban J connectivity index is 0.00000220. The minimum atomic E-state index is -0.256. The van der Waals surface area contributed by atoms with Gasteiger partial charge < -0.3 is 15.8 Å². The summed E-state index contributed by atoms with van der Waals surface area (Å²) in [6.45, 7) is 2.99. The summed E-state index contributed by atoms with van der Waals surface area (Å²) in [4.78, 5) is 16.3. The molecule has 2 aromatic rings. The number of benzene rings is 1. The molecule has 1 aromatic carbocycles. The Morgan fingerprint density at radius 1 is 1.43 bits per heavy atom. The van der Waals surface area contributed by atoms with Crippen LogP contribution in [0, 0.1) is 0 Å². The van der Waals surface area contributed by atoms with Crippen LogP contribution in [0.25, 0.3) is 0 Å². The number of ether oxygens (including phenoxy) is 1. The summed E-state index contributed by atoms with van der Waals surface area (Å²) < 4.78 is 5.60. The molecule has 1 amide bonds. The first-order chi connectivity index (χ1) is 9.74. The van der Waals surface area contributed by atoms with Crippen LogP contribution in [-0.4, -0.2) is 17.5 Å². The van der Waals surface area contributed by atoms with Crippen molar-refractivity contribution in [3.8, 4) is 5.75 Å². The van der Waals surface area contributed by atoms with Crippen molar-refractivity contribution in [2.75, 3.05) is 11.9 Å². The van der Waals surface area contributed by atoms with E-state index < -0.39 is 0 Å². The van der Waals surface area contributed by atoms with Crippen molar-refractivity contribution in [1.82, 2.24) is 4.98 Å². The fourth-order valence-electron chi connectivity index (χ4n) is 1.60. The lowest BCUT2D eigenvalue weighted by Gasteiger charge is -2.11. The number of carbonyl (C=O) groups excluding carboxylic acids is 1. The van der Waals surface area contributed by atoms with E-state index in [1.807, 2.05) is 25.1 Å². The van der Waals surface area contributed by atoms with Crippen LogP contribution < -0.4 is 15.8 Å². The van der Waals surface area contributed by atoms with E-state index in [2.05, 4.69) is 10.3 Å². The van der Waals surface area contributed by atoms with Gasteiger partial charge in [0.05, 0.1) is 12.3 Å². The largest absolute Gasteiger partial charge is 0.491 e. The van der Waals surface area contributed by atoms with Crippen molar-refractivity contribution in [2.24, 2.45) is 5.73 Å². The third kappa shape index (κ3) is 4.70. The lowest BCUT2D eigenvalue weighted by molar-refractivity contribution is 0.102. The van der Waals surface area contributed by atoms with Gasteiger partial charge in [-0.05, 0) is 18.6 Å². The molecule has 0 spiro atoms. The normalized spacial score (nSPS) is 9.81. The molecule has 5 nitrogen and oxygen atoms in total. The molecule has 0 saturated carbocycles. The Bertz CT molecular complexity index is 589. The van der Waals surface area contributed by atoms with E-state index in [0.29, 0.717) is 30.3 Å². The SMILES string of the molecule is CCCOc1ccccc1NC(=O)c1csc(CN)n1.Cl. The fourth-order valence-corrected chi connectivity index (χ4v) is 2.26. The number of anilines is 1. The number of para-hydroxylation sites is 2. The lowest BCUT2D eigenvalue weighted by Crippen LogP contribution is -2.13. The van der Waals surface area contributed by atoms with Crippen molar-refractivity contribution in [3.05, 3.63) is 40.3 Å². The second kappa shape index (κ2) is 8.61. The smallest absolute Gasteiger partial charge is 0.275 e. The number of hydrogen-bond acceptors (Lipinski definition) is 5. The first-order valence-electron chi connectivity index (χ1n) is 6.42. The number of thiazole rings is 1. The molecule has 0 fully saturated rings. The third-order valence-electron chi connectivity index (χ3n) is 2.56. The van der Waals surface area contributed by atoms with Gasteiger partial charge in [0, 0.05) is 11.9 Å². The second-order valence-electron chi connectivity index (χ2n) is 4.13. The molecule has 0 saturated heterocycles. The van der Waals surface area contributed by atoms with Gasteiger partial charge in [-0.1, -0.05) is 19.1 Å². The molecule has 0 bridgehead atoms. The van der Waals surface area contributed by atoms with Crippen molar-refractivity contribution < 1.29 is 9.53 Å². The van der Waals surface area contributed by atoms with Gasteiger partial charge in [0.2, 0.25) is 0 Å². The predicted octanol–water partition coefficient (Wildman–Crippen LogP) is 3.06. The van der Waals surface area contributed by atoms with Crippen LogP contribution in [0.4, 0.5) is 5.69 Å². The summed E-state index contributed by atoms with van der Waals surface area (Å²) in [6.07, 6.45) is 0.911. The van der Waals surface area contributed by atoms with Gasteiger partial charge in [-0.25, -0.2) is 4.98 Å². The van der Waals surface area contributed by atoms with E-state index in [0.717, 1.165) is 11.4 Å². The van der Waals surface area contributed by atoms with Crippen LogP contribution >= 0.6 is 23.7 Å². The highest BCUT2D eigenvalue weighted by Crippen LogP contribution is 2.24. The summed E-state index contributed by atoms with van der Waals surface area (Å²) in [6, 6.07) is 7.35. The molecule has 114 valence electrons. The van der Waals surface area contributed by atoms with Crippen LogP contribution in [0.15, 0.2) is 29.6 Å². The number of nitrogens with zero attached hydrogens (tertiary/aromatic N) is 1. The van der Waals surface area contributed by atoms with Gasteiger partial charge in [-0.15, -0.1) is 23.7 Å². The molecule has 1 aromatic heterocycles. The van der Waals surface area contributed by atoms with Crippen molar-refractivity contribution >= 4 is 35.3 Å². The van der Waals surface area contributed by atoms with E-state index in [1.165, 1.54) is 11.3 Å². The van der Waals surface area contributed by atoms with Crippen molar-refractivity contribution in [3.63, 3.8) is 0 Å². The van der Waals surface area contributed by atoms with E-state index in [9.17, 15) is 4.79 Å². The van der Waals surface area contributed by atoms with Crippen LogP contribution in [0.2, 0.25) is 0 Å². The van der Waals surface area contributed by atoms with Gasteiger partial charge in [-0.3, -0.25) is 4.79 Å². The first kappa shape index (κ1) is 17.4. The zero-order valence-corrected chi connectivity index (χ0v) is 13.3. The number of nitrogens with one attached hydrogen (secondary N) is 1. The Morgan fingerprint density at radius 2 is 2.19 bits per heavy atom. The second-order valence-corrected chi connectivity index (χ2v) is 5.07. The number of hydrogen-bond donors (Lipinski definition) is 2. The average Bonchev–Trinajstić information content (AvgIpc) is 2.95. The standard InChI is InChI=1S/C14H17N3O2S.ClH/c1-2-7-19-12-6-4-3-5-10(12)17-14(18)11-9-20-13(8-15)16-11;/h3-6,9H,2,7-8,15H2,1H3,(H,17,18);1H. The number of aromatic nitrogens is 1. The molecule has 0 aliphatic carbocycles. The van der Waals surface area contributed by atoms with Crippen LogP contribution in [0.1, 0.15) is 28.8 Å². The van der Waals surface area contributed by atoms with E-state index in [1.54, 1.807) is 11.4 Å². The number of rotatable bonds is 6. The number of amides is 1. The van der Waals surface area contributed by atoms with E-state index in [4.69, 9.17) is 10.5 Å². The van der Waals surface area contributed by atoms with E-state index in [-0.39, 0.29) is 18.3 Å². The molecular weight excluding hydrogens is 310 g/mol. The van der Waals surface area contributed by atoms with Crippen molar-refractivity contribution in [2.45, 2.75) is 19.9 Å². The Labute approximate surface area is 133 Å². The summed E-state index contributed by atoms with van der Waals surface area (Å²) >= 11 is 1.38. The molecule has 0 unspecified atom stereocenters. The quantitative estimate of drug-likeness (QED) is 0.854. The molecule has 2 rings (SSSR count). The fraction of sp³-hybridized carbons (Fsp3) is 0.286. The predicted molar refractivity (Wildman–Crippen MR) is 87.4 cm³/mol. The highest BCUT2D eigenvalue weighted by molar-refractivity contribution is 7.09. The maximum Gasteiger partial charge on any atom is 0.275 e. The molecule has 0 aliphatic heterocycles. The zero-order chi connectivity index (χ0) is 14.4. The third-order valence-corrected chi connectivity index (χ3v) is 3.43. The summed E-state index contributed by atoms with van der Waals surface area (Å²) in [5.74, 6) is 0.408. The Kier molecular flexibility index (Phi) is 7.14. The molecule has 0 atom stereocenters. The highest BCUT2D eigenvalue weighted by atomic mass is 35.5. The summed E-state index contributed by atoms with van der Waals surface area (Å²) in [5, 5.41) is 5.26. The topological polar surface area (TPSA) is 77.2 Å². The van der Waals surface area contributed by atoms with E-state index >= 15 is 0 Å². The van der Waals surface area contributed by atoms with Crippen LogP contribution in [0.5, 0.6) is 5.75 Å². The Hall–Kier alpha value is -1.63. The molecule has 21 heavy (non-hydrogen) atoms. The minimum absolute atomic E-state index is 0. The van der Waals surface area contributed by atoms with Gasteiger partial charge in [0.15, 0.2) is 0 Å². The van der Waals surface area contributed by atoms with Gasteiger partial charge in [0.25, 0.3) is 5.91 Å². The maximum atomic E-state index is 12.1. The molecular formula is C14H18ClN3O2S. The lowest BCUT2D eigenvalue weighted by atomic mass is 10.3. The maximum absolute atomic E-state index is 12.1. The monoisotopic (exact) mass is 327 g/mol. The molecule has 7 heteroatoms. The molecule has 3 N–H and O–H groups in total. The minimum Gasteiger partial charge on any atom is -0.491 e. The number of nitrogens with two attached hydrogens (primary N) is 1. The first-order valence-corrected chi connectivity index (χ1v) is 7.30. The highest BCUT2D eigenvalue weighted by Gasteiger charge is 2.12.